The van der Waals surface area contributed by atoms with Gasteiger partial charge in [-0.2, -0.15) is 0 Å². The molecule has 0 aliphatic carbocycles. The van der Waals surface area contributed by atoms with E-state index in [-0.39, 0.29) is 29.4 Å². The van der Waals surface area contributed by atoms with E-state index in [1.807, 2.05) is 52.0 Å². The van der Waals surface area contributed by atoms with Crippen molar-refractivity contribution in [2.24, 2.45) is 0 Å². The summed E-state index contributed by atoms with van der Waals surface area (Å²) in [4.78, 5) is 29.5. The molecule has 3 aromatic rings. The van der Waals surface area contributed by atoms with Gasteiger partial charge in [-0.05, 0) is 63.1 Å². The van der Waals surface area contributed by atoms with Crippen LogP contribution in [0.15, 0.2) is 42.6 Å². The molecule has 0 saturated heterocycles. The van der Waals surface area contributed by atoms with Crippen molar-refractivity contribution < 1.29 is 9.59 Å². The van der Waals surface area contributed by atoms with E-state index in [0.29, 0.717) is 11.2 Å². The minimum Gasteiger partial charge on any atom is -0.347 e. The monoisotopic (exact) mass is 350 g/mol. The van der Waals surface area contributed by atoms with Gasteiger partial charge in [-0.25, -0.2) is 4.98 Å². The van der Waals surface area contributed by atoms with Crippen LogP contribution in [0.1, 0.15) is 46.1 Å². The highest BCUT2D eigenvalue weighted by molar-refractivity contribution is 6.09. The number of anilines is 1. The Hall–Kier alpha value is -3.15. The fourth-order valence-corrected chi connectivity index (χ4v) is 2.70. The molecule has 0 spiro atoms. The number of nitrogens with zero attached hydrogens (tertiary/aromatic N) is 2. The zero-order valence-electron chi connectivity index (χ0n) is 15.3. The summed E-state index contributed by atoms with van der Waals surface area (Å²) < 4.78 is 1.63. The molecular formula is C20H22N4O2. The first-order valence-corrected chi connectivity index (χ1v) is 8.53. The van der Waals surface area contributed by atoms with Crippen LogP contribution in [0.5, 0.6) is 0 Å². The number of imidazole rings is 1. The molecule has 0 aliphatic rings. The average Bonchev–Trinajstić information content (AvgIpc) is 2.97. The lowest BCUT2D eigenvalue weighted by molar-refractivity contribution is 0.0932. The van der Waals surface area contributed by atoms with Gasteiger partial charge in [-0.3, -0.25) is 14.0 Å². The topological polar surface area (TPSA) is 75.5 Å². The molecule has 6 heteroatoms. The number of aryl methyl sites for hydroxylation is 2. The third kappa shape index (κ3) is 3.44. The van der Waals surface area contributed by atoms with Gasteiger partial charge >= 0.3 is 0 Å². The summed E-state index contributed by atoms with van der Waals surface area (Å²) in [7, 11) is 0. The molecule has 2 heterocycles. The van der Waals surface area contributed by atoms with Gasteiger partial charge in [0.2, 0.25) is 5.82 Å². The zero-order chi connectivity index (χ0) is 18.8. The molecule has 1 aromatic carbocycles. The Labute approximate surface area is 152 Å². The molecule has 6 nitrogen and oxygen atoms in total. The average molecular weight is 350 g/mol. The van der Waals surface area contributed by atoms with Crippen LogP contribution < -0.4 is 10.6 Å². The third-order valence-electron chi connectivity index (χ3n) is 4.15. The maximum Gasteiger partial charge on any atom is 0.287 e. The van der Waals surface area contributed by atoms with Crippen LogP contribution in [0.2, 0.25) is 0 Å². The second-order valence-electron chi connectivity index (χ2n) is 6.62. The lowest BCUT2D eigenvalue weighted by Gasteiger charge is -2.06. The normalized spacial score (nSPS) is 11.0. The Morgan fingerprint density at radius 2 is 1.81 bits per heavy atom. The van der Waals surface area contributed by atoms with Crippen molar-refractivity contribution in [1.82, 2.24) is 14.7 Å². The van der Waals surface area contributed by atoms with Crippen LogP contribution in [0.3, 0.4) is 0 Å². The van der Waals surface area contributed by atoms with Gasteiger partial charge in [-0.1, -0.05) is 12.1 Å². The minimum atomic E-state index is -0.347. The Morgan fingerprint density at radius 1 is 1.04 bits per heavy atom. The molecule has 2 N–H and O–H groups in total. The summed E-state index contributed by atoms with van der Waals surface area (Å²) in [6.45, 7) is 7.76. The number of benzene rings is 1. The lowest BCUT2D eigenvalue weighted by Crippen LogP contribution is -2.31. The molecule has 0 atom stereocenters. The Balaban J connectivity index is 1.97. The highest BCUT2D eigenvalue weighted by Crippen LogP contribution is 2.18. The van der Waals surface area contributed by atoms with E-state index in [4.69, 9.17) is 0 Å². The van der Waals surface area contributed by atoms with E-state index in [0.717, 1.165) is 11.1 Å². The van der Waals surface area contributed by atoms with Crippen molar-refractivity contribution in [3.8, 4) is 0 Å². The van der Waals surface area contributed by atoms with Crippen LogP contribution >= 0.6 is 0 Å². The second kappa shape index (κ2) is 7.00. The van der Waals surface area contributed by atoms with Crippen molar-refractivity contribution in [1.29, 1.82) is 0 Å². The molecule has 0 bridgehead atoms. The van der Waals surface area contributed by atoms with Crippen LogP contribution in [0.25, 0.3) is 5.52 Å². The third-order valence-corrected chi connectivity index (χ3v) is 4.15. The highest BCUT2D eigenvalue weighted by atomic mass is 16.2. The zero-order valence-corrected chi connectivity index (χ0v) is 15.3. The van der Waals surface area contributed by atoms with E-state index in [1.54, 1.807) is 22.7 Å². The SMILES string of the molecule is Cc1ccc(NC(=O)c2nc(C(=O)NC(C)C)n3ccccc23)cc1C. The number of carbonyl (C=O) groups excluding carboxylic acids is 2. The van der Waals surface area contributed by atoms with Crippen molar-refractivity contribution in [2.45, 2.75) is 33.7 Å². The Bertz CT molecular complexity index is 989. The van der Waals surface area contributed by atoms with E-state index in [9.17, 15) is 9.59 Å². The Morgan fingerprint density at radius 3 is 2.50 bits per heavy atom. The summed E-state index contributed by atoms with van der Waals surface area (Å²) in [6.07, 6.45) is 1.73. The first-order valence-electron chi connectivity index (χ1n) is 8.53. The number of amides is 2. The molecule has 2 amide bonds. The maximum absolute atomic E-state index is 12.8. The second-order valence-corrected chi connectivity index (χ2v) is 6.62. The number of nitrogens with one attached hydrogen (secondary N) is 2. The summed E-state index contributed by atoms with van der Waals surface area (Å²) in [6, 6.07) is 11.1. The van der Waals surface area contributed by atoms with Crippen molar-refractivity contribution in [3.05, 3.63) is 65.2 Å². The number of aromatic nitrogens is 2. The predicted molar refractivity (Wildman–Crippen MR) is 102 cm³/mol. The Kier molecular flexibility index (Phi) is 4.75. The van der Waals surface area contributed by atoms with Gasteiger partial charge in [0, 0.05) is 17.9 Å². The smallest absolute Gasteiger partial charge is 0.287 e. The molecule has 26 heavy (non-hydrogen) atoms. The van der Waals surface area contributed by atoms with E-state index in [2.05, 4.69) is 15.6 Å². The molecule has 2 aromatic heterocycles. The predicted octanol–water partition coefficient (Wildman–Crippen LogP) is 3.34. The molecule has 0 fully saturated rings. The molecule has 3 rings (SSSR count). The van der Waals surface area contributed by atoms with Crippen molar-refractivity contribution in [3.63, 3.8) is 0 Å². The van der Waals surface area contributed by atoms with Gasteiger partial charge in [-0.15, -0.1) is 0 Å². The molecule has 0 unspecified atom stereocenters. The number of hydrogen-bond donors (Lipinski definition) is 2. The van der Waals surface area contributed by atoms with Crippen molar-refractivity contribution >= 4 is 23.0 Å². The molecule has 0 radical (unpaired) electrons. The highest BCUT2D eigenvalue weighted by Gasteiger charge is 2.21. The van der Waals surface area contributed by atoms with Gasteiger partial charge in [0.25, 0.3) is 11.8 Å². The van der Waals surface area contributed by atoms with Crippen molar-refractivity contribution in [2.75, 3.05) is 5.32 Å². The van der Waals surface area contributed by atoms with Gasteiger partial charge in [0.1, 0.15) is 0 Å². The summed E-state index contributed by atoms with van der Waals surface area (Å²) in [5, 5.41) is 5.68. The summed E-state index contributed by atoms with van der Waals surface area (Å²) in [5.74, 6) is -0.466. The van der Waals surface area contributed by atoms with E-state index in [1.165, 1.54) is 0 Å². The van der Waals surface area contributed by atoms with Crippen LogP contribution in [0, 0.1) is 13.8 Å². The lowest BCUT2D eigenvalue weighted by atomic mass is 10.1. The van der Waals surface area contributed by atoms with E-state index < -0.39 is 0 Å². The molecule has 0 saturated carbocycles. The van der Waals surface area contributed by atoms with Crippen LogP contribution in [-0.2, 0) is 0 Å². The van der Waals surface area contributed by atoms with Crippen LogP contribution in [0.4, 0.5) is 5.69 Å². The van der Waals surface area contributed by atoms with Gasteiger partial charge in [0.15, 0.2) is 5.69 Å². The fourth-order valence-electron chi connectivity index (χ4n) is 2.70. The minimum absolute atomic E-state index is 0.0219. The number of hydrogen-bond acceptors (Lipinski definition) is 3. The number of fused-ring (bicyclic) bond motifs is 1. The van der Waals surface area contributed by atoms with Crippen LogP contribution in [-0.4, -0.2) is 27.2 Å². The summed E-state index contributed by atoms with van der Waals surface area (Å²) >= 11 is 0. The fraction of sp³-hybridized carbons (Fsp3) is 0.250. The number of carbonyl (C=O) groups is 2. The molecule has 134 valence electrons. The van der Waals surface area contributed by atoms with E-state index >= 15 is 0 Å². The molecular weight excluding hydrogens is 328 g/mol. The summed E-state index contributed by atoms with van der Waals surface area (Å²) in [5.41, 5.74) is 3.75. The first kappa shape index (κ1) is 17.7. The number of rotatable bonds is 4. The van der Waals surface area contributed by atoms with Gasteiger partial charge in [0.05, 0.1) is 5.52 Å². The maximum atomic E-state index is 12.8. The quantitative estimate of drug-likeness (QED) is 0.758. The van der Waals surface area contributed by atoms with Gasteiger partial charge < -0.3 is 10.6 Å². The molecule has 0 aliphatic heterocycles. The largest absolute Gasteiger partial charge is 0.347 e. The number of pyridine rings is 1. The standard InChI is InChI=1S/C20H22N4O2/c1-12(2)21-20(26)18-23-17(16-7-5-6-10-24(16)18)19(25)22-15-9-8-13(3)14(4)11-15/h5-12H,1-4H3,(H,21,26)(H,22,25). The first-order chi connectivity index (χ1) is 12.4.